The molecule has 33 heavy (non-hydrogen) atoms. The summed E-state index contributed by atoms with van der Waals surface area (Å²) < 4.78 is 0. The van der Waals surface area contributed by atoms with Crippen molar-refractivity contribution in [3.8, 4) is 0 Å². The lowest BCUT2D eigenvalue weighted by atomic mass is 10.1. The predicted molar refractivity (Wildman–Crippen MR) is 127 cm³/mol. The van der Waals surface area contributed by atoms with Gasteiger partial charge in [0.15, 0.2) is 0 Å². The molecule has 3 atom stereocenters. The maximum absolute atomic E-state index is 13.5. The Kier molecular flexibility index (Phi) is 4.54. The maximum Gasteiger partial charge on any atom is 0.332 e. The first-order valence-electron chi connectivity index (χ1n) is 10.6. The molecule has 3 unspecified atom stereocenters. The average molecular weight is 481 g/mol. The minimum Gasteiger partial charge on any atom is -0.317 e. The number of likely N-dealkylation sites (tertiary alicyclic amines) is 1. The highest BCUT2D eigenvalue weighted by Crippen LogP contribution is 2.43. The van der Waals surface area contributed by atoms with Crippen LogP contribution in [0.2, 0.25) is 10.0 Å². The van der Waals surface area contributed by atoms with Crippen LogP contribution in [0, 0.1) is 0 Å². The van der Waals surface area contributed by atoms with Crippen LogP contribution in [0.3, 0.4) is 0 Å². The fraction of sp³-hybridized carbons (Fsp3) is 0.208. The number of carbonyl (C=O) groups excluding carboxylic acids is 3. The van der Waals surface area contributed by atoms with Gasteiger partial charge in [0.25, 0.3) is 5.91 Å². The van der Waals surface area contributed by atoms with Crippen LogP contribution in [0.25, 0.3) is 10.8 Å². The fourth-order valence-corrected chi connectivity index (χ4v) is 5.86. The number of hydrogen-bond donors (Lipinski definition) is 1. The Balaban J connectivity index is 1.29. The van der Waals surface area contributed by atoms with Gasteiger partial charge in [0, 0.05) is 27.7 Å². The molecular weight excluding hydrogens is 463 g/mol. The van der Waals surface area contributed by atoms with Gasteiger partial charge in [0.1, 0.15) is 6.04 Å². The van der Waals surface area contributed by atoms with Gasteiger partial charge in [0.05, 0.1) is 17.8 Å². The second kappa shape index (κ2) is 7.37. The molecule has 7 nitrogen and oxygen atoms in total. The van der Waals surface area contributed by atoms with E-state index in [1.54, 1.807) is 34.1 Å². The standard InChI is InChI=1S/C24H18Cl2N4O3/c25-14-8-15(26)10-16(9-14)27-23(32)28-12-17-11-20(28)21-22(31)30(24(33)29(17)21)19-7-3-5-13-4-1-2-6-18(13)19/h1-10,17,20-21H,11-12H2,(H,27,32). The Labute approximate surface area is 199 Å². The highest BCUT2D eigenvalue weighted by atomic mass is 35.5. The molecule has 0 spiro atoms. The van der Waals surface area contributed by atoms with Crippen molar-refractivity contribution in [2.75, 3.05) is 16.8 Å². The summed E-state index contributed by atoms with van der Waals surface area (Å²) in [6, 6.07) is 16.1. The first kappa shape index (κ1) is 20.3. The summed E-state index contributed by atoms with van der Waals surface area (Å²) in [5, 5.41) is 5.42. The number of anilines is 2. The van der Waals surface area contributed by atoms with Crippen LogP contribution in [0.15, 0.2) is 60.7 Å². The summed E-state index contributed by atoms with van der Waals surface area (Å²) in [7, 11) is 0. The van der Waals surface area contributed by atoms with Crippen LogP contribution in [-0.4, -0.2) is 52.4 Å². The Morgan fingerprint density at radius 2 is 1.70 bits per heavy atom. The van der Waals surface area contributed by atoms with Crippen LogP contribution in [-0.2, 0) is 4.79 Å². The van der Waals surface area contributed by atoms with E-state index in [4.69, 9.17) is 23.2 Å². The molecular formula is C24H18Cl2N4O3. The van der Waals surface area contributed by atoms with Crippen LogP contribution in [0.5, 0.6) is 0 Å². The second-order valence-corrected chi connectivity index (χ2v) is 9.38. The van der Waals surface area contributed by atoms with Crippen LogP contribution in [0.1, 0.15) is 6.42 Å². The maximum atomic E-state index is 13.5. The second-order valence-electron chi connectivity index (χ2n) is 8.50. The number of urea groups is 2. The molecule has 5 amide bonds. The van der Waals surface area contributed by atoms with Gasteiger partial charge in [-0.3, -0.25) is 4.79 Å². The van der Waals surface area contributed by atoms with Gasteiger partial charge < -0.3 is 15.1 Å². The number of halogens is 2. The Hall–Kier alpha value is -3.29. The first-order chi connectivity index (χ1) is 15.9. The molecule has 3 aromatic rings. The molecule has 0 radical (unpaired) electrons. The Bertz CT molecular complexity index is 1320. The van der Waals surface area contributed by atoms with Gasteiger partial charge in [-0.05, 0) is 36.1 Å². The van der Waals surface area contributed by atoms with Gasteiger partial charge in [-0.25, -0.2) is 14.5 Å². The minimum absolute atomic E-state index is 0.204. The number of fused-ring (bicyclic) bond motifs is 6. The van der Waals surface area contributed by atoms with Gasteiger partial charge >= 0.3 is 12.1 Å². The number of benzene rings is 3. The molecule has 9 heteroatoms. The lowest BCUT2D eigenvalue weighted by Crippen LogP contribution is -2.55. The van der Waals surface area contributed by atoms with Gasteiger partial charge in [-0.15, -0.1) is 0 Å². The van der Waals surface area contributed by atoms with Crippen molar-refractivity contribution in [2.45, 2.75) is 24.5 Å². The minimum atomic E-state index is -0.691. The van der Waals surface area contributed by atoms with Crippen molar-refractivity contribution in [3.63, 3.8) is 0 Å². The number of amides is 5. The molecule has 2 bridgehead atoms. The number of imide groups is 1. The van der Waals surface area contributed by atoms with E-state index in [1.807, 2.05) is 36.4 Å². The van der Waals surface area contributed by atoms with Crippen molar-refractivity contribution in [1.82, 2.24) is 9.80 Å². The topological polar surface area (TPSA) is 73.0 Å². The largest absolute Gasteiger partial charge is 0.332 e. The smallest absolute Gasteiger partial charge is 0.317 e. The number of nitrogens with zero attached hydrogens (tertiary/aromatic N) is 3. The zero-order valence-corrected chi connectivity index (χ0v) is 18.8. The highest BCUT2D eigenvalue weighted by Gasteiger charge is 2.63. The molecule has 3 aliphatic rings. The predicted octanol–water partition coefficient (Wildman–Crippen LogP) is 4.97. The van der Waals surface area contributed by atoms with Crippen molar-refractivity contribution in [1.29, 1.82) is 0 Å². The molecule has 0 saturated carbocycles. The zero-order chi connectivity index (χ0) is 22.9. The number of rotatable bonds is 2. The molecule has 3 heterocycles. The number of nitrogens with one attached hydrogen (secondary N) is 1. The molecule has 3 aliphatic heterocycles. The monoisotopic (exact) mass is 480 g/mol. The average Bonchev–Trinajstić information content (AvgIpc) is 3.44. The molecule has 166 valence electrons. The zero-order valence-electron chi connectivity index (χ0n) is 17.2. The van der Waals surface area contributed by atoms with Crippen LogP contribution >= 0.6 is 23.2 Å². The van der Waals surface area contributed by atoms with E-state index in [0.717, 1.165) is 10.8 Å². The van der Waals surface area contributed by atoms with Gasteiger partial charge in [0.2, 0.25) is 0 Å². The Morgan fingerprint density at radius 1 is 0.970 bits per heavy atom. The summed E-state index contributed by atoms with van der Waals surface area (Å²) >= 11 is 12.1. The summed E-state index contributed by atoms with van der Waals surface area (Å²) in [5.41, 5.74) is 1.05. The molecule has 0 aromatic heterocycles. The summed E-state index contributed by atoms with van der Waals surface area (Å²) in [6.07, 6.45) is 0.579. The number of hydrogen-bond acceptors (Lipinski definition) is 3. The van der Waals surface area contributed by atoms with Crippen molar-refractivity contribution in [3.05, 3.63) is 70.7 Å². The quantitative estimate of drug-likeness (QED) is 0.526. The Morgan fingerprint density at radius 3 is 2.48 bits per heavy atom. The van der Waals surface area contributed by atoms with E-state index >= 15 is 0 Å². The SMILES string of the molecule is O=C1C2C3CC(CN3C(=O)Nc3cc(Cl)cc(Cl)c3)N2C(=O)N1c1cccc2ccccc12. The van der Waals surface area contributed by atoms with E-state index in [9.17, 15) is 14.4 Å². The number of carbonyl (C=O) groups is 3. The lowest BCUT2D eigenvalue weighted by molar-refractivity contribution is -0.120. The molecule has 3 aromatic carbocycles. The third kappa shape index (κ3) is 3.07. The van der Waals surface area contributed by atoms with Crippen molar-refractivity contribution >= 4 is 63.3 Å². The molecule has 0 aliphatic carbocycles. The molecule has 6 rings (SSSR count). The van der Waals surface area contributed by atoms with E-state index in [-0.39, 0.29) is 30.1 Å². The molecule has 1 N–H and O–H groups in total. The van der Waals surface area contributed by atoms with Crippen molar-refractivity contribution < 1.29 is 14.4 Å². The fourth-order valence-electron chi connectivity index (χ4n) is 5.34. The highest BCUT2D eigenvalue weighted by molar-refractivity contribution is 6.35. The molecule has 3 saturated heterocycles. The molecule has 3 fully saturated rings. The van der Waals surface area contributed by atoms with Gasteiger partial charge in [-0.2, -0.15) is 0 Å². The third-order valence-corrected chi connectivity index (χ3v) is 7.08. The van der Waals surface area contributed by atoms with E-state index in [0.29, 0.717) is 34.4 Å². The van der Waals surface area contributed by atoms with E-state index in [2.05, 4.69) is 5.32 Å². The lowest BCUT2D eigenvalue weighted by Gasteiger charge is -2.34. The van der Waals surface area contributed by atoms with E-state index < -0.39 is 6.04 Å². The third-order valence-electron chi connectivity index (χ3n) is 6.65. The summed E-state index contributed by atoms with van der Waals surface area (Å²) in [6.45, 7) is 0.365. The van der Waals surface area contributed by atoms with Crippen LogP contribution < -0.4 is 10.2 Å². The number of piperazine rings is 1. The van der Waals surface area contributed by atoms with Crippen LogP contribution in [0.4, 0.5) is 21.0 Å². The van der Waals surface area contributed by atoms with E-state index in [1.165, 1.54) is 4.90 Å². The van der Waals surface area contributed by atoms with Crippen molar-refractivity contribution in [2.24, 2.45) is 0 Å². The normalized spacial score (nSPS) is 23.6. The first-order valence-corrected chi connectivity index (χ1v) is 11.4. The summed E-state index contributed by atoms with van der Waals surface area (Å²) in [5.74, 6) is -0.299. The van der Waals surface area contributed by atoms with Gasteiger partial charge in [-0.1, -0.05) is 59.6 Å². The summed E-state index contributed by atoms with van der Waals surface area (Å²) in [4.78, 5) is 44.5.